The van der Waals surface area contributed by atoms with Crippen LogP contribution >= 0.6 is 0 Å². The van der Waals surface area contributed by atoms with E-state index in [-0.39, 0.29) is 35.6 Å². The number of carbonyl (C=O) groups is 1. The summed E-state index contributed by atoms with van der Waals surface area (Å²) in [5.41, 5.74) is 1.22. The molecular weight excluding hydrogens is 328 g/mol. The van der Waals surface area contributed by atoms with Crippen molar-refractivity contribution in [3.63, 3.8) is 0 Å². The first-order valence-electron chi connectivity index (χ1n) is 7.22. The minimum Gasteiger partial charge on any atom is -0.434 e. The third-order valence-electron chi connectivity index (χ3n) is 3.81. The Labute approximate surface area is 133 Å². The summed E-state index contributed by atoms with van der Waals surface area (Å²) in [6.45, 7) is 0.540. The molecule has 2 rings (SSSR count). The highest BCUT2D eigenvalue weighted by Gasteiger charge is 2.28. The summed E-state index contributed by atoms with van der Waals surface area (Å²) in [6, 6.07) is 2.96. The van der Waals surface area contributed by atoms with E-state index in [0.717, 1.165) is 0 Å². The monoisotopic (exact) mass is 347 g/mol. The molecule has 23 heavy (non-hydrogen) atoms. The zero-order chi connectivity index (χ0) is 17.2. The Kier molecular flexibility index (Phi) is 5.23. The number of rotatable bonds is 5. The van der Waals surface area contributed by atoms with Crippen molar-refractivity contribution < 1.29 is 26.7 Å². The lowest BCUT2D eigenvalue weighted by atomic mass is 10.0. The largest absolute Gasteiger partial charge is 0.434 e. The predicted octanol–water partition coefficient (Wildman–Crippen LogP) is 2.07. The lowest BCUT2D eigenvalue weighted by Gasteiger charge is -2.14. The molecule has 0 aromatic heterocycles. The third kappa shape index (κ3) is 4.63. The average Bonchev–Trinajstić information content (AvgIpc) is 2.79. The first kappa shape index (κ1) is 17.7. The van der Waals surface area contributed by atoms with E-state index in [0.29, 0.717) is 23.1 Å². The van der Waals surface area contributed by atoms with Crippen molar-refractivity contribution in [1.29, 1.82) is 0 Å². The maximum atomic E-state index is 12.3. The fraction of sp³-hybridized carbons (Fsp3) is 0.533. The Morgan fingerprint density at radius 1 is 1.35 bits per heavy atom. The number of halogens is 2. The van der Waals surface area contributed by atoms with Crippen LogP contribution in [0.2, 0.25) is 0 Å². The van der Waals surface area contributed by atoms with Gasteiger partial charge in [-0.2, -0.15) is 8.78 Å². The zero-order valence-electron chi connectivity index (χ0n) is 12.9. The molecule has 1 aliphatic rings. The highest BCUT2D eigenvalue weighted by atomic mass is 32.2. The minimum atomic E-state index is -2.98. The van der Waals surface area contributed by atoms with Gasteiger partial charge in [-0.05, 0) is 49.4 Å². The molecule has 1 fully saturated rings. The summed E-state index contributed by atoms with van der Waals surface area (Å²) >= 11 is 0. The Hall–Kier alpha value is -1.70. The molecule has 1 saturated heterocycles. The summed E-state index contributed by atoms with van der Waals surface area (Å²) in [6.07, 6.45) is 0.543. The molecule has 0 radical (unpaired) electrons. The van der Waals surface area contributed by atoms with E-state index in [2.05, 4.69) is 10.1 Å². The van der Waals surface area contributed by atoms with Gasteiger partial charge in [-0.1, -0.05) is 0 Å². The Morgan fingerprint density at radius 3 is 2.43 bits per heavy atom. The molecule has 0 aliphatic carbocycles. The number of amides is 1. The molecular formula is C15H19F2NO4S. The van der Waals surface area contributed by atoms with Gasteiger partial charge in [0.05, 0.1) is 11.5 Å². The number of carbonyl (C=O) groups excluding carboxylic acids is 1. The van der Waals surface area contributed by atoms with Gasteiger partial charge in [0.25, 0.3) is 5.91 Å². The van der Waals surface area contributed by atoms with Crippen LogP contribution in [-0.4, -0.2) is 39.0 Å². The first-order valence-corrected chi connectivity index (χ1v) is 9.05. The van der Waals surface area contributed by atoms with Crippen LogP contribution in [-0.2, 0) is 9.84 Å². The molecule has 0 bridgehead atoms. The number of hydrogen-bond acceptors (Lipinski definition) is 4. The normalized spacial score (nSPS) is 19.8. The number of benzene rings is 1. The quantitative estimate of drug-likeness (QED) is 0.885. The molecule has 1 atom stereocenters. The zero-order valence-corrected chi connectivity index (χ0v) is 13.8. The van der Waals surface area contributed by atoms with Gasteiger partial charge in [0, 0.05) is 12.1 Å². The fourth-order valence-corrected chi connectivity index (χ4v) is 4.59. The van der Waals surface area contributed by atoms with Crippen LogP contribution in [0.15, 0.2) is 12.1 Å². The summed E-state index contributed by atoms with van der Waals surface area (Å²) in [5, 5.41) is 2.70. The van der Waals surface area contributed by atoms with E-state index in [1.54, 1.807) is 13.8 Å². The van der Waals surface area contributed by atoms with Crippen molar-refractivity contribution in [3.8, 4) is 5.75 Å². The molecule has 1 aliphatic heterocycles. The third-order valence-corrected chi connectivity index (χ3v) is 5.64. The summed E-state index contributed by atoms with van der Waals surface area (Å²) in [7, 11) is -2.98. The second-order valence-corrected chi connectivity index (χ2v) is 8.03. The van der Waals surface area contributed by atoms with E-state index in [1.165, 1.54) is 12.1 Å². The molecule has 0 spiro atoms. The minimum absolute atomic E-state index is 0.0680. The molecule has 8 heteroatoms. The second kappa shape index (κ2) is 6.82. The molecule has 0 saturated carbocycles. The maximum absolute atomic E-state index is 12.3. The number of alkyl halides is 2. The van der Waals surface area contributed by atoms with Crippen LogP contribution in [0.4, 0.5) is 8.78 Å². The van der Waals surface area contributed by atoms with Gasteiger partial charge in [0.15, 0.2) is 9.84 Å². The molecule has 1 unspecified atom stereocenters. The smallest absolute Gasteiger partial charge is 0.387 e. The fourth-order valence-electron chi connectivity index (χ4n) is 2.73. The lowest BCUT2D eigenvalue weighted by Crippen LogP contribution is -2.30. The topological polar surface area (TPSA) is 72.5 Å². The van der Waals surface area contributed by atoms with Gasteiger partial charge in [0.1, 0.15) is 5.75 Å². The van der Waals surface area contributed by atoms with Gasteiger partial charge in [-0.3, -0.25) is 4.79 Å². The van der Waals surface area contributed by atoms with Gasteiger partial charge in [0.2, 0.25) is 0 Å². The Bertz CT molecular complexity index is 680. The van der Waals surface area contributed by atoms with E-state index >= 15 is 0 Å². The van der Waals surface area contributed by atoms with Gasteiger partial charge in [-0.25, -0.2) is 8.42 Å². The van der Waals surface area contributed by atoms with Crippen molar-refractivity contribution in [2.24, 2.45) is 5.92 Å². The molecule has 1 heterocycles. The summed E-state index contributed by atoms with van der Waals surface area (Å²) in [5.74, 6) is -0.118. The van der Waals surface area contributed by atoms with Crippen molar-refractivity contribution in [2.75, 3.05) is 18.1 Å². The van der Waals surface area contributed by atoms with Crippen molar-refractivity contribution >= 4 is 15.7 Å². The van der Waals surface area contributed by atoms with Crippen molar-refractivity contribution in [1.82, 2.24) is 5.32 Å². The number of nitrogens with one attached hydrogen (secondary N) is 1. The van der Waals surface area contributed by atoms with Crippen LogP contribution < -0.4 is 10.1 Å². The van der Waals surface area contributed by atoms with Crippen LogP contribution in [0, 0.1) is 19.8 Å². The molecule has 1 N–H and O–H groups in total. The molecule has 1 amide bonds. The van der Waals surface area contributed by atoms with Crippen LogP contribution in [0.25, 0.3) is 0 Å². The van der Waals surface area contributed by atoms with Crippen molar-refractivity contribution in [3.05, 3.63) is 28.8 Å². The van der Waals surface area contributed by atoms with Gasteiger partial charge >= 0.3 is 6.61 Å². The Morgan fingerprint density at radius 2 is 1.96 bits per heavy atom. The van der Waals surface area contributed by atoms with E-state index in [1.807, 2.05) is 0 Å². The van der Waals surface area contributed by atoms with Crippen molar-refractivity contribution in [2.45, 2.75) is 26.9 Å². The van der Waals surface area contributed by atoms with E-state index < -0.39 is 16.4 Å². The molecule has 1 aromatic carbocycles. The first-order chi connectivity index (χ1) is 10.7. The van der Waals surface area contributed by atoms with Gasteiger partial charge < -0.3 is 10.1 Å². The highest BCUT2D eigenvalue weighted by molar-refractivity contribution is 7.91. The number of hydrogen-bond donors (Lipinski definition) is 1. The lowest BCUT2D eigenvalue weighted by molar-refractivity contribution is -0.0507. The number of aryl methyl sites for hydroxylation is 2. The molecule has 5 nitrogen and oxygen atoms in total. The predicted molar refractivity (Wildman–Crippen MR) is 81.6 cm³/mol. The number of ether oxygens (including phenoxy) is 1. The number of sulfone groups is 1. The average molecular weight is 347 g/mol. The van der Waals surface area contributed by atoms with Crippen LogP contribution in [0.3, 0.4) is 0 Å². The summed E-state index contributed by atoms with van der Waals surface area (Å²) in [4.78, 5) is 12.2. The van der Waals surface area contributed by atoms with E-state index in [9.17, 15) is 22.0 Å². The maximum Gasteiger partial charge on any atom is 0.387 e. The van der Waals surface area contributed by atoms with Gasteiger partial charge in [-0.15, -0.1) is 0 Å². The highest BCUT2D eigenvalue weighted by Crippen LogP contribution is 2.26. The second-order valence-electron chi connectivity index (χ2n) is 5.80. The standard InChI is InChI=1S/C15H19F2NO4S/c1-9-5-12(6-10(2)13(9)22-15(16)17)14(19)18-7-11-3-4-23(20,21)8-11/h5-6,11,15H,3-4,7-8H2,1-2H3,(H,18,19). The van der Waals surface area contributed by atoms with Crippen LogP contribution in [0.1, 0.15) is 27.9 Å². The van der Waals surface area contributed by atoms with E-state index in [4.69, 9.17) is 0 Å². The Balaban J connectivity index is 2.02. The molecule has 1 aromatic rings. The van der Waals surface area contributed by atoms with Crippen LogP contribution in [0.5, 0.6) is 5.75 Å². The summed E-state index contributed by atoms with van der Waals surface area (Å²) < 4.78 is 51.9. The SMILES string of the molecule is Cc1cc(C(=O)NCC2CCS(=O)(=O)C2)cc(C)c1OC(F)F. The molecule has 128 valence electrons.